The van der Waals surface area contributed by atoms with Crippen LogP contribution in [0.4, 0.5) is 0 Å². The van der Waals surface area contributed by atoms with Crippen LogP contribution in [0.5, 0.6) is 0 Å². The fourth-order valence-corrected chi connectivity index (χ4v) is 4.57. The van der Waals surface area contributed by atoms with E-state index >= 15 is 0 Å². The lowest BCUT2D eigenvalue weighted by Crippen LogP contribution is -2.46. The summed E-state index contributed by atoms with van der Waals surface area (Å²) in [5.74, 6) is 0.117. The summed E-state index contributed by atoms with van der Waals surface area (Å²) in [4.78, 5) is 15.0. The maximum Gasteiger partial charge on any atom is 0.274 e. The van der Waals surface area contributed by atoms with Crippen LogP contribution in [-0.4, -0.2) is 46.8 Å². The van der Waals surface area contributed by atoms with Gasteiger partial charge in [0.1, 0.15) is 5.69 Å². The molecule has 2 aliphatic heterocycles. The van der Waals surface area contributed by atoms with Crippen molar-refractivity contribution in [2.45, 2.75) is 51.0 Å². The number of allylic oxidation sites excluding steroid dienone is 2. The summed E-state index contributed by atoms with van der Waals surface area (Å²) in [6, 6.07) is 2.29. The van der Waals surface area contributed by atoms with Crippen molar-refractivity contribution >= 4 is 18.3 Å². The molecule has 6 heteroatoms. The van der Waals surface area contributed by atoms with Gasteiger partial charge in [0.25, 0.3) is 5.91 Å². The molecule has 2 saturated heterocycles. The second-order valence-electron chi connectivity index (χ2n) is 7.73. The number of hydrogen-bond donors (Lipinski definition) is 1. The molecule has 1 spiro atoms. The van der Waals surface area contributed by atoms with Gasteiger partial charge in [-0.2, -0.15) is 5.10 Å². The third-order valence-electron chi connectivity index (χ3n) is 5.98. The van der Waals surface area contributed by atoms with E-state index in [2.05, 4.69) is 27.5 Å². The number of rotatable bonds is 2. The van der Waals surface area contributed by atoms with Gasteiger partial charge in [0.05, 0.1) is 6.04 Å². The zero-order valence-electron chi connectivity index (χ0n) is 14.8. The van der Waals surface area contributed by atoms with Crippen LogP contribution in [0.2, 0.25) is 0 Å². The number of nitrogens with one attached hydrogen (secondary N) is 1. The van der Waals surface area contributed by atoms with E-state index < -0.39 is 0 Å². The number of nitrogens with zero attached hydrogens (tertiary/aromatic N) is 3. The molecular formula is C19H29ClN4O. The van der Waals surface area contributed by atoms with Gasteiger partial charge in [0.15, 0.2) is 0 Å². The first-order valence-corrected chi connectivity index (χ1v) is 9.46. The fourth-order valence-electron chi connectivity index (χ4n) is 4.57. The Balaban J connectivity index is 0.00000182. The molecule has 0 bridgehead atoms. The highest BCUT2D eigenvalue weighted by Gasteiger charge is 2.37. The Morgan fingerprint density at radius 1 is 1.28 bits per heavy atom. The molecule has 1 aromatic rings. The Hall–Kier alpha value is -1.33. The van der Waals surface area contributed by atoms with E-state index in [-0.39, 0.29) is 18.3 Å². The summed E-state index contributed by atoms with van der Waals surface area (Å²) < 4.78 is 1.99. The number of halogens is 1. The molecule has 0 radical (unpaired) electrons. The summed E-state index contributed by atoms with van der Waals surface area (Å²) in [5, 5.41) is 8.03. The molecule has 1 amide bonds. The van der Waals surface area contributed by atoms with E-state index in [1.807, 2.05) is 16.9 Å². The average Bonchev–Trinajstić information content (AvgIpc) is 3.13. The van der Waals surface area contributed by atoms with Gasteiger partial charge in [-0.25, -0.2) is 0 Å². The maximum atomic E-state index is 12.9. The average molecular weight is 365 g/mol. The fraction of sp³-hybridized carbons (Fsp3) is 0.684. The maximum absolute atomic E-state index is 12.9. The van der Waals surface area contributed by atoms with Crippen LogP contribution in [0.3, 0.4) is 0 Å². The van der Waals surface area contributed by atoms with Crippen molar-refractivity contribution in [3.63, 3.8) is 0 Å². The normalized spacial score (nSPS) is 29.4. The Morgan fingerprint density at radius 2 is 2.20 bits per heavy atom. The molecule has 2 fully saturated rings. The van der Waals surface area contributed by atoms with Gasteiger partial charge in [0.2, 0.25) is 0 Å². The van der Waals surface area contributed by atoms with Crippen LogP contribution in [0.25, 0.3) is 0 Å². The number of piperidine rings is 2. The van der Waals surface area contributed by atoms with Crippen molar-refractivity contribution in [2.75, 3.05) is 26.2 Å². The molecule has 0 saturated carbocycles. The van der Waals surface area contributed by atoms with Gasteiger partial charge >= 0.3 is 0 Å². The lowest BCUT2D eigenvalue weighted by atomic mass is 9.71. The number of carbonyl (C=O) groups is 1. The summed E-state index contributed by atoms with van der Waals surface area (Å²) in [6.07, 6.45) is 14.8. The first-order valence-electron chi connectivity index (χ1n) is 9.46. The molecule has 1 aromatic heterocycles. The Labute approximate surface area is 156 Å². The van der Waals surface area contributed by atoms with Crippen LogP contribution in [0, 0.1) is 5.41 Å². The van der Waals surface area contributed by atoms with Crippen LogP contribution in [0.15, 0.2) is 24.4 Å². The van der Waals surface area contributed by atoms with Gasteiger partial charge in [-0.1, -0.05) is 12.2 Å². The van der Waals surface area contributed by atoms with Crippen molar-refractivity contribution in [3.05, 3.63) is 30.1 Å². The lowest BCUT2D eigenvalue weighted by molar-refractivity contribution is 0.0478. The van der Waals surface area contributed by atoms with Gasteiger partial charge in [-0.15, -0.1) is 12.4 Å². The molecule has 4 rings (SSSR count). The van der Waals surface area contributed by atoms with Crippen molar-refractivity contribution in [1.29, 1.82) is 0 Å². The highest BCUT2D eigenvalue weighted by atomic mass is 35.5. The topological polar surface area (TPSA) is 50.2 Å². The van der Waals surface area contributed by atoms with Crippen molar-refractivity contribution in [3.8, 4) is 0 Å². The largest absolute Gasteiger partial charge is 0.337 e. The van der Waals surface area contributed by atoms with Crippen molar-refractivity contribution in [2.24, 2.45) is 5.41 Å². The Kier molecular flexibility index (Phi) is 5.85. The molecule has 2 atom stereocenters. The van der Waals surface area contributed by atoms with Gasteiger partial charge in [-0.05, 0) is 63.0 Å². The third kappa shape index (κ3) is 3.93. The molecular weight excluding hydrogens is 336 g/mol. The molecule has 1 aliphatic carbocycles. The van der Waals surface area contributed by atoms with E-state index in [1.165, 1.54) is 19.3 Å². The molecule has 5 nitrogen and oxygen atoms in total. The third-order valence-corrected chi connectivity index (χ3v) is 5.98. The number of amides is 1. The molecule has 2 unspecified atom stereocenters. The van der Waals surface area contributed by atoms with Crippen molar-refractivity contribution in [1.82, 2.24) is 20.0 Å². The Morgan fingerprint density at radius 3 is 2.96 bits per heavy atom. The van der Waals surface area contributed by atoms with Gasteiger partial charge in [0, 0.05) is 25.8 Å². The monoisotopic (exact) mass is 364 g/mol. The number of aromatic nitrogens is 2. The summed E-state index contributed by atoms with van der Waals surface area (Å²) >= 11 is 0. The second-order valence-corrected chi connectivity index (χ2v) is 7.73. The minimum Gasteiger partial charge on any atom is -0.337 e. The highest BCUT2D eigenvalue weighted by molar-refractivity contribution is 5.92. The zero-order chi connectivity index (χ0) is 16.4. The van der Waals surface area contributed by atoms with Crippen molar-refractivity contribution < 1.29 is 4.79 Å². The predicted molar refractivity (Wildman–Crippen MR) is 101 cm³/mol. The zero-order valence-corrected chi connectivity index (χ0v) is 15.6. The lowest BCUT2D eigenvalue weighted by Gasteiger charge is -2.43. The van der Waals surface area contributed by atoms with Crippen LogP contribution >= 0.6 is 12.4 Å². The van der Waals surface area contributed by atoms with E-state index in [0.717, 1.165) is 51.9 Å². The van der Waals surface area contributed by atoms with E-state index in [0.29, 0.717) is 17.2 Å². The minimum atomic E-state index is 0. The quantitative estimate of drug-likeness (QED) is 0.820. The SMILES string of the molecule is Cl.O=C(c1ccn(C2CCCNC2)n1)N1CCCC2(CC=CCC2)C1. The number of likely N-dealkylation sites (tertiary alicyclic amines) is 1. The standard InChI is InChI=1S/C19H28N4O.ClH/c24-18(17-7-13-23(21-17)16-6-4-11-20-14-16)22-12-5-10-19(15-22)8-2-1-3-9-19;/h1-2,7,13,16,20H,3-6,8-12,14-15H2;1H. The first kappa shape index (κ1) is 18.5. The summed E-state index contributed by atoms with van der Waals surface area (Å²) in [7, 11) is 0. The van der Waals surface area contributed by atoms with Gasteiger partial charge in [-0.3, -0.25) is 9.48 Å². The van der Waals surface area contributed by atoms with Crippen LogP contribution in [0.1, 0.15) is 61.5 Å². The highest BCUT2D eigenvalue weighted by Crippen LogP contribution is 2.41. The second kappa shape index (κ2) is 7.92. The van der Waals surface area contributed by atoms with E-state index in [9.17, 15) is 4.79 Å². The molecule has 0 aromatic carbocycles. The summed E-state index contributed by atoms with van der Waals surface area (Å²) in [6.45, 7) is 3.82. The molecule has 1 N–H and O–H groups in total. The first-order chi connectivity index (χ1) is 11.8. The molecule has 25 heavy (non-hydrogen) atoms. The van der Waals surface area contributed by atoms with Crippen LogP contribution < -0.4 is 5.32 Å². The van der Waals surface area contributed by atoms with Gasteiger partial charge < -0.3 is 10.2 Å². The smallest absolute Gasteiger partial charge is 0.274 e. The number of carbonyl (C=O) groups excluding carboxylic acids is 1. The van der Waals surface area contributed by atoms with E-state index in [1.54, 1.807) is 0 Å². The van der Waals surface area contributed by atoms with E-state index in [4.69, 9.17) is 0 Å². The number of hydrogen-bond acceptors (Lipinski definition) is 3. The van der Waals surface area contributed by atoms with Crippen LogP contribution in [-0.2, 0) is 0 Å². The summed E-state index contributed by atoms with van der Waals surface area (Å²) in [5.41, 5.74) is 0.933. The molecule has 138 valence electrons. The predicted octanol–water partition coefficient (Wildman–Crippen LogP) is 3.19. The molecule has 3 heterocycles. The molecule has 3 aliphatic rings. The Bertz CT molecular complexity index is 623. The minimum absolute atomic E-state index is 0.